The van der Waals surface area contributed by atoms with E-state index in [0.29, 0.717) is 10.9 Å². The Kier molecular flexibility index (Phi) is 4.24. The molecular formula is C11H15Cl2N. The molecule has 1 aromatic rings. The zero-order valence-corrected chi connectivity index (χ0v) is 9.94. The first-order valence-electron chi connectivity index (χ1n) is 4.70. The fourth-order valence-corrected chi connectivity index (χ4v) is 1.58. The second-order valence-electron chi connectivity index (χ2n) is 3.85. The zero-order valence-electron chi connectivity index (χ0n) is 8.43. The fraction of sp³-hybridized carbons (Fsp3) is 0.455. The normalized spacial score (nSPS) is 13.3. The summed E-state index contributed by atoms with van der Waals surface area (Å²) in [5.41, 5.74) is 6.99. The molecule has 1 atom stereocenters. The van der Waals surface area contributed by atoms with Crippen molar-refractivity contribution in [1.82, 2.24) is 0 Å². The molecule has 14 heavy (non-hydrogen) atoms. The average molecular weight is 232 g/mol. The zero-order chi connectivity index (χ0) is 10.7. The number of benzene rings is 1. The molecule has 0 spiro atoms. The minimum Gasteiger partial charge on any atom is -0.327 e. The third-order valence-corrected chi connectivity index (χ3v) is 2.92. The van der Waals surface area contributed by atoms with Crippen LogP contribution in [-0.2, 0) is 6.42 Å². The number of hydrogen-bond acceptors (Lipinski definition) is 1. The topological polar surface area (TPSA) is 26.0 Å². The van der Waals surface area contributed by atoms with E-state index >= 15 is 0 Å². The van der Waals surface area contributed by atoms with Crippen LogP contribution in [0.2, 0.25) is 10.0 Å². The third-order valence-electron chi connectivity index (χ3n) is 2.32. The van der Waals surface area contributed by atoms with E-state index in [0.717, 1.165) is 17.0 Å². The van der Waals surface area contributed by atoms with Crippen molar-refractivity contribution in [3.8, 4) is 0 Å². The molecule has 0 bridgehead atoms. The second-order valence-corrected chi connectivity index (χ2v) is 4.69. The lowest BCUT2D eigenvalue weighted by molar-refractivity contribution is 0.490. The summed E-state index contributed by atoms with van der Waals surface area (Å²) in [6.07, 6.45) is 0.775. The van der Waals surface area contributed by atoms with Gasteiger partial charge >= 0.3 is 0 Å². The summed E-state index contributed by atoms with van der Waals surface area (Å²) in [7, 11) is 0. The second kappa shape index (κ2) is 5.01. The Morgan fingerprint density at radius 2 is 1.93 bits per heavy atom. The molecule has 0 aliphatic heterocycles. The van der Waals surface area contributed by atoms with Gasteiger partial charge in [0.05, 0.1) is 0 Å². The Morgan fingerprint density at radius 3 is 2.50 bits per heavy atom. The van der Waals surface area contributed by atoms with Crippen LogP contribution in [0.15, 0.2) is 18.2 Å². The van der Waals surface area contributed by atoms with Gasteiger partial charge < -0.3 is 5.73 Å². The highest BCUT2D eigenvalue weighted by molar-refractivity contribution is 6.33. The lowest BCUT2D eigenvalue weighted by Gasteiger charge is -2.16. The van der Waals surface area contributed by atoms with Gasteiger partial charge in [0, 0.05) is 16.1 Å². The quantitative estimate of drug-likeness (QED) is 0.847. The van der Waals surface area contributed by atoms with Crippen LogP contribution in [0.4, 0.5) is 0 Å². The molecule has 0 saturated carbocycles. The standard InChI is InChI=1S/C11H15Cl2N/c1-7(2)11(14)6-8-5-9(12)3-4-10(8)13/h3-5,7,11H,6,14H2,1-2H3. The lowest BCUT2D eigenvalue weighted by atomic mass is 9.97. The van der Waals surface area contributed by atoms with E-state index in [-0.39, 0.29) is 6.04 Å². The summed E-state index contributed by atoms with van der Waals surface area (Å²) in [5, 5.41) is 1.45. The smallest absolute Gasteiger partial charge is 0.0439 e. The first-order chi connectivity index (χ1) is 6.50. The Balaban J connectivity index is 2.80. The molecule has 0 amide bonds. The van der Waals surface area contributed by atoms with Crippen LogP contribution in [-0.4, -0.2) is 6.04 Å². The highest BCUT2D eigenvalue weighted by atomic mass is 35.5. The summed E-state index contributed by atoms with van der Waals surface area (Å²) in [6, 6.07) is 5.61. The van der Waals surface area contributed by atoms with Gasteiger partial charge in [0.2, 0.25) is 0 Å². The molecule has 78 valence electrons. The number of hydrogen-bond donors (Lipinski definition) is 1. The van der Waals surface area contributed by atoms with Crippen LogP contribution < -0.4 is 5.73 Å². The summed E-state index contributed by atoms with van der Waals surface area (Å²) in [5.74, 6) is 0.449. The van der Waals surface area contributed by atoms with Crippen molar-refractivity contribution in [3.63, 3.8) is 0 Å². The van der Waals surface area contributed by atoms with Crippen LogP contribution in [0.25, 0.3) is 0 Å². The molecular weight excluding hydrogens is 217 g/mol. The Morgan fingerprint density at radius 1 is 1.29 bits per heavy atom. The Labute approximate surface area is 95.2 Å². The summed E-state index contributed by atoms with van der Waals surface area (Å²) >= 11 is 11.9. The van der Waals surface area contributed by atoms with Crippen molar-refractivity contribution in [2.75, 3.05) is 0 Å². The highest BCUT2D eigenvalue weighted by Crippen LogP contribution is 2.22. The van der Waals surface area contributed by atoms with Crippen molar-refractivity contribution < 1.29 is 0 Å². The van der Waals surface area contributed by atoms with Gasteiger partial charge in [-0.2, -0.15) is 0 Å². The molecule has 1 unspecified atom stereocenters. The van der Waals surface area contributed by atoms with Crippen LogP contribution >= 0.6 is 23.2 Å². The molecule has 0 aliphatic carbocycles. The SMILES string of the molecule is CC(C)C(N)Cc1cc(Cl)ccc1Cl. The fourth-order valence-electron chi connectivity index (χ4n) is 1.19. The molecule has 1 nitrogen and oxygen atoms in total. The monoisotopic (exact) mass is 231 g/mol. The molecule has 3 heteroatoms. The van der Waals surface area contributed by atoms with Gasteiger partial charge in [-0.1, -0.05) is 37.0 Å². The maximum Gasteiger partial charge on any atom is 0.0439 e. The van der Waals surface area contributed by atoms with E-state index in [4.69, 9.17) is 28.9 Å². The minimum absolute atomic E-state index is 0.131. The molecule has 0 fully saturated rings. The van der Waals surface area contributed by atoms with E-state index < -0.39 is 0 Å². The van der Waals surface area contributed by atoms with Gasteiger partial charge in [-0.3, -0.25) is 0 Å². The van der Waals surface area contributed by atoms with E-state index in [1.807, 2.05) is 12.1 Å². The average Bonchev–Trinajstić information content (AvgIpc) is 2.11. The predicted octanol–water partition coefficient (Wildman–Crippen LogP) is 3.52. The largest absolute Gasteiger partial charge is 0.327 e. The predicted molar refractivity (Wildman–Crippen MR) is 63.0 cm³/mol. The summed E-state index contributed by atoms with van der Waals surface area (Å²) < 4.78 is 0. The van der Waals surface area contributed by atoms with E-state index in [1.165, 1.54) is 0 Å². The molecule has 0 saturated heterocycles. The van der Waals surface area contributed by atoms with Crippen LogP contribution in [0, 0.1) is 5.92 Å². The van der Waals surface area contributed by atoms with Gasteiger partial charge in [-0.05, 0) is 36.1 Å². The van der Waals surface area contributed by atoms with E-state index in [9.17, 15) is 0 Å². The van der Waals surface area contributed by atoms with Crippen molar-refractivity contribution in [1.29, 1.82) is 0 Å². The lowest BCUT2D eigenvalue weighted by Crippen LogP contribution is -2.28. The van der Waals surface area contributed by atoms with Crippen molar-refractivity contribution in [2.24, 2.45) is 11.7 Å². The van der Waals surface area contributed by atoms with Gasteiger partial charge in [0.25, 0.3) is 0 Å². The number of nitrogens with two attached hydrogens (primary N) is 1. The molecule has 0 aliphatic rings. The maximum atomic E-state index is 6.03. The van der Waals surface area contributed by atoms with Gasteiger partial charge in [0.1, 0.15) is 0 Å². The third kappa shape index (κ3) is 3.16. The van der Waals surface area contributed by atoms with Crippen LogP contribution in [0.3, 0.4) is 0 Å². The molecule has 1 aromatic carbocycles. The number of rotatable bonds is 3. The van der Waals surface area contributed by atoms with Crippen molar-refractivity contribution in [2.45, 2.75) is 26.3 Å². The summed E-state index contributed by atoms with van der Waals surface area (Å²) in [4.78, 5) is 0. The van der Waals surface area contributed by atoms with Gasteiger partial charge in [-0.25, -0.2) is 0 Å². The molecule has 0 heterocycles. The van der Waals surface area contributed by atoms with E-state index in [1.54, 1.807) is 6.07 Å². The molecule has 1 rings (SSSR count). The minimum atomic E-state index is 0.131. The molecule has 0 radical (unpaired) electrons. The highest BCUT2D eigenvalue weighted by Gasteiger charge is 2.10. The Hall–Kier alpha value is -0.240. The van der Waals surface area contributed by atoms with Crippen LogP contribution in [0.5, 0.6) is 0 Å². The maximum absolute atomic E-state index is 6.03. The van der Waals surface area contributed by atoms with Gasteiger partial charge in [-0.15, -0.1) is 0 Å². The first-order valence-corrected chi connectivity index (χ1v) is 5.46. The first kappa shape index (κ1) is 11.8. The van der Waals surface area contributed by atoms with Crippen molar-refractivity contribution in [3.05, 3.63) is 33.8 Å². The molecule has 0 aromatic heterocycles. The van der Waals surface area contributed by atoms with Crippen molar-refractivity contribution >= 4 is 23.2 Å². The molecule has 2 N–H and O–H groups in total. The number of halogens is 2. The van der Waals surface area contributed by atoms with E-state index in [2.05, 4.69) is 13.8 Å². The van der Waals surface area contributed by atoms with Crippen LogP contribution in [0.1, 0.15) is 19.4 Å². The Bertz CT molecular complexity index is 310. The van der Waals surface area contributed by atoms with Gasteiger partial charge in [0.15, 0.2) is 0 Å². The summed E-state index contributed by atoms with van der Waals surface area (Å²) in [6.45, 7) is 4.20.